The van der Waals surface area contributed by atoms with E-state index in [0.717, 1.165) is 11.3 Å². The highest BCUT2D eigenvalue weighted by molar-refractivity contribution is 7.15. The smallest absolute Gasteiger partial charge is 0.305 e. The van der Waals surface area contributed by atoms with Gasteiger partial charge in [-0.05, 0) is 34.4 Å². The Morgan fingerprint density at radius 3 is 2.67 bits per heavy atom. The Balaban J connectivity index is 2.43. The van der Waals surface area contributed by atoms with Gasteiger partial charge in [-0.2, -0.15) is 0 Å². The molecule has 0 saturated heterocycles. The lowest BCUT2D eigenvalue weighted by Crippen LogP contribution is -2.28. The van der Waals surface area contributed by atoms with Crippen LogP contribution in [-0.2, 0) is 11.2 Å². The number of tetrazole rings is 1. The monoisotopic (exact) mass is 308 g/mol. The Morgan fingerprint density at radius 1 is 1.43 bits per heavy atom. The van der Waals surface area contributed by atoms with Gasteiger partial charge in [0.25, 0.3) is 0 Å². The maximum absolute atomic E-state index is 11.2. The van der Waals surface area contributed by atoms with Crippen LogP contribution in [0, 0.1) is 5.41 Å². The van der Waals surface area contributed by atoms with E-state index in [-0.39, 0.29) is 17.9 Å². The number of carboxylic acid groups (broad SMARTS) is 1. The molecule has 0 bridgehead atoms. The number of thiophene rings is 1. The average molecular weight is 308 g/mol. The van der Waals surface area contributed by atoms with Gasteiger partial charge in [-0.15, -0.1) is 16.4 Å². The van der Waals surface area contributed by atoms with Gasteiger partial charge in [0.1, 0.15) is 0 Å². The summed E-state index contributed by atoms with van der Waals surface area (Å²) >= 11 is 1.64. The van der Waals surface area contributed by atoms with Crippen LogP contribution in [0.5, 0.6) is 0 Å². The lowest BCUT2D eigenvalue weighted by atomic mass is 9.85. The molecule has 1 N–H and O–H groups in total. The number of carbonyl (C=O) groups is 1. The van der Waals surface area contributed by atoms with Crippen LogP contribution < -0.4 is 0 Å². The molecule has 114 valence electrons. The normalized spacial score (nSPS) is 13.3. The lowest BCUT2D eigenvalue weighted by Gasteiger charge is -2.29. The molecule has 0 saturated carbocycles. The number of aromatic nitrogens is 4. The number of rotatable bonds is 5. The Hall–Kier alpha value is -1.76. The van der Waals surface area contributed by atoms with E-state index >= 15 is 0 Å². The van der Waals surface area contributed by atoms with Crippen LogP contribution in [0.1, 0.15) is 45.0 Å². The second-order valence-corrected chi connectivity index (χ2v) is 7.21. The van der Waals surface area contributed by atoms with Crippen molar-refractivity contribution in [3.05, 3.63) is 17.0 Å². The van der Waals surface area contributed by atoms with E-state index in [0.29, 0.717) is 5.82 Å². The molecule has 2 aromatic rings. The van der Waals surface area contributed by atoms with Gasteiger partial charge in [0.15, 0.2) is 5.82 Å². The van der Waals surface area contributed by atoms with Crippen LogP contribution in [0.2, 0.25) is 0 Å². The van der Waals surface area contributed by atoms with Crippen molar-refractivity contribution in [2.75, 3.05) is 0 Å². The maximum atomic E-state index is 11.2. The van der Waals surface area contributed by atoms with Gasteiger partial charge in [0.2, 0.25) is 0 Å². The summed E-state index contributed by atoms with van der Waals surface area (Å²) in [7, 11) is 0. The summed E-state index contributed by atoms with van der Waals surface area (Å²) in [5.41, 5.74) is -0.257. The summed E-state index contributed by atoms with van der Waals surface area (Å²) in [6.07, 6.45) is 0.956. The highest BCUT2D eigenvalue weighted by Gasteiger charge is 2.32. The quantitative estimate of drug-likeness (QED) is 0.918. The van der Waals surface area contributed by atoms with E-state index < -0.39 is 5.97 Å². The molecule has 0 aliphatic carbocycles. The Morgan fingerprint density at radius 2 is 2.14 bits per heavy atom. The first-order chi connectivity index (χ1) is 9.82. The van der Waals surface area contributed by atoms with Crippen LogP contribution >= 0.6 is 11.3 Å². The largest absolute Gasteiger partial charge is 0.481 e. The number of hydrogen-bond donors (Lipinski definition) is 1. The molecule has 0 fully saturated rings. The molecule has 0 radical (unpaired) electrons. The Kier molecular flexibility index (Phi) is 4.41. The number of hydrogen-bond acceptors (Lipinski definition) is 5. The molecule has 0 aliphatic heterocycles. The first-order valence-corrected chi connectivity index (χ1v) is 7.73. The van der Waals surface area contributed by atoms with Gasteiger partial charge < -0.3 is 5.11 Å². The van der Waals surface area contributed by atoms with Crippen LogP contribution in [0.25, 0.3) is 10.7 Å². The van der Waals surface area contributed by atoms with Crippen molar-refractivity contribution < 1.29 is 9.90 Å². The van der Waals surface area contributed by atoms with Gasteiger partial charge >= 0.3 is 5.97 Å². The van der Waals surface area contributed by atoms with E-state index in [1.807, 2.05) is 26.8 Å². The fraction of sp³-hybridized carbons (Fsp3) is 0.571. The van der Waals surface area contributed by atoms with E-state index in [4.69, 9.17) is 0 Å². The van der Waals surface area contributed by atoms with E-state index in [9.17, 15) is 9.90 Å². The molecule has 0 amide bonds. The van der Waals surface area contributed by atoms with Crippen LogP contribution in [0.15, 0.2) is 12.1 Å². The van der Waals surface area contributed by atoms with Crippen molar-refractivity contribution in [2.24, 2.45) is 5.41 Å². The molecule has 7 heteroatoms. The summed E-state index contributed by atoms with van der Waals surface area (Å²) in [5, 5.41) is 21.1. The molecule has 0 aliphatic rings. The summed E-state index contributed by atoms with van der Waals surface area (Å²) in [6.45, 7) is 8.09. The topological polar surface area (TPSA) is 80.9 Å². The summed E-state index contributed by atoms with van der Waals surface area (Å²) in [6, 6.07) is 3.75. The van der Waals surface area contributed by atoms with E-state index in [1.165, 1.54) is 4.88 Å². The van der Waals surface area contributed by atoms with Crippen molar-refractivity contribution in [1.82, 2.24) is 20.2 Å². The highest BCUT2D eigenvalue weighted by Crippen LogP contribution is 2.36. The standard InChI is InChI=1S/C14H20N4O2S/c1-5-9-6-7-10(21-9)13-15-16-17-18(13)11(8-12(19)20)14(2,3)4/h6-7,11H,5,8H2,1-4H3,(H,19,20). The van der Waals surface area contributed by atoms with Gasteiger partial charge in [0.05, 0.1) is 17.3 Å². The van der Waals surface area contributed by atoms with Crippen LogP contribution in [-0.4, -0.2) is 31.3 Å². The molecule has 2 aromatic heterocycles. The third-order valence-corrected chi connectivity index (χ3v) is 4.61. The summed E-state index contributed by atoms with van der Waals surface area (Å²) in [5.74, 6) is -0.210. The minimum atomic E-state index is -0.850. The minimum absolute atomic E-state index is 0.00640. The maximum Gasteiger partial charge on any atom is 0.305 e. The molecule has 1 unspecified atom stereocenters. The second-order valence-electron chi connectivity index (χ2n) is 6.05. The minimum Gasteiger partial charge on any atom is -0.481 e. The van der Waals surface area contributed by atoms with Gasteiger partial charge in [-0.3, -0.25) is 4.79 Å². The Bertz CT molecular complexity index is 627. The number of carboxylic acids is 1. The number of nitrogens with zero attached hydrogens (tertiary/aromatic N) is 4. The molecule has 0 spiro atoms. The second kappa shape index (κ2) is 5.93. The third kappa shape index (κ3) is 3.47. The highest BCUT2D eigenvalue weighted by atomic mass is 32.1. The zero-order valence-corrected chi connectivity index (χ0v) is 13.5. The fourth-order valence-corrected chi connectivity index (χ4v) is 3.10. The summed E-state index contributed by atoms with van der Waals surface area (Å²) < 4.78 is 1.65. The van der Waals surface area contributed by atoms with Crippen molar-refractivity contribution in [3.8, 4) is 10.7 Å². The fourth-order valence-electron chi connectivity index (χ4n) is 2.18. The molecule has 2 rings (SSSR count). The number of aryl methyl sites for hydroxylation is 1. The zero-order valence-electron chi connectivity index (χ0n) is 12.7. The van der Waals surface area contributed by atoms with Crippen molar-refractivity contribution >= 4 is 17.3 Å². The molecule has 1 atom stereocenters. The molecular formula is C14H20N4O2S. The van der Waals surface area contributed by atoms with Crippen molar-refractivity contribution in [2.45, 2.75) is 46.6 Å². The lowest BCUT2D eigenvalue weighted by molar-refractivity contribution is -0.138. The van der Waals surface area contributed by atoms with Crippen molar-refractivity contribution in [1.29, 1.82) is 0 Å². The predicted molar refractivity (Wildman–Crippen MR) is 81.3 cm³/mol. The SMILES string of the molecule is CCc1ccc(-c2nnnn2C(CC(=O)O)C(C)(C)C)s1. The molecule has 2 heterocycles. The Labute approximate surface area is 127 Å². The molecule has 6 nitrogen and oxygen atoms in total. The van der Waals surface area contributed by atoms with Gasteiger partial charge in [-0.25, -0.2) is 4.68 Å². The van der Waals surface area contributed by atoms with Crippen LogP contribution in [0.3, 0.4) is 0 Å². The van der Waals surface area contributed by atoms with Gasteiger partial charge in [0, 0.05) is 4.88 Å². The van der Waals surface area contributed by atoms with Crippen LogP contribution in [0.4, 0.5) is 0 Å². The zero-order chi connectivity index (χ0) is 15.6. The van der Waals surface area contributed by atoms with E-state index in [1.54, 1.807) is 16.0 Å². The molecule has 21 heavy (non-hydrogen) atoms. The summed E-state index contributed by atoms with van der Waals surface area (Å²) in [4.78, 5) is 13.4. The predicted octanol–water partition coefficient (Wildman–Crippen LogP) is 3.03. The third-order valence-electron chi connectivity index (χ3n) is 3.39. The van der Waals surface area contributed by atoms with Crippen molar-refractivity contribution in [3.63, 3.8) is 0 Å². The first kappa shape index (κ1) is 15.6. The average Bonchev–Trinajstić information content (AvgIpc) is 3.02. The molecule has 0 aromatic carbocycles. The molecular weight excluding hydrogens is 288 g/mol. The van der Waals surface area contributed by atoms with E-state index in [2.05, 4.69) is 28.5 Å². The number of aliphatic carboxylic acids is 1. The van der Waals surface area contributed by atoms with Gasteiger partial charge in [-0.1, -0.05) is 27.7 Å². The first-order valence-electron chi connectivity index (χ1n) is 6.91.